The monoisotopic (exact) mass is 313 g/mol. The zero-order valence-corrected chi connectivity index (χ0v) is 12.4. The number of nitrogens with zero attached hydrogens (tertiary/aromatic N) is 3. The number of rotatable bonds is 6. The number of sulfone groups is 1. The summed E-state index contributed by atoms with van der Waals surface area (Å²) >= 11 is 0. The molecule has 9 heteroatoms. The molecule has 0 amide bonds. The minimum Gasteiger partial charge on any atom is -0.506 e. The highest BCUT2D eigenvalue weighted by molar-refractivity contribution is 7.90. The van der Waals surface area contributed by atoms with E-state index in [1.165, 1.54) is 18.2 Å². The summed E-state index contributed by atoms with van der Waals surface area (Å²) in [7, 11) is -3.60. The van der Waals surface area contributed by atoms with E-state index in [-0.39, 0.29) is 23.5 Å². The summed E-state index contributed by atoms with van der Waals surface area (Å²) in [5.74, 6) is -1.19. The topological polar surface area (TPSA) is 129 Å². The van der Waals surface area contributed by atoms with Gasteiger partial charge in [-0.05, 0) is 30.5 Å². The van der Waals surface area contributed by atoms with Crippen LogP contribution in [0.5, 0.6) is 5.75 Å². The number of benzene rings is 1. The first-order valence-corrected chi connectivity index (χ1v) is 7.92. The van der Waals surface area contributed by atoms with Gasteiger partial charge in [-0.3, -0.25) is 4.79 Å². The summed E-state index contributed by atoms with van der Waals surface area (Å²) < 4.78 is 27.8. The lowest BCUT2D eigenvalue weighted by atomic mass is 10.1. The van der Waals surface area contributed by atoms with Crippen molar-refractivity contribution in [2.45, 2.75) is 24.3 Å². The molecule has 0 saturated carbocycles. The molecule has 1 N–H and O–H groups in total. The first-order valence-electron chi connectivity index (χ1n) is 6.03. The molecule has 1 atom stereocenters. The normalized spacial score (nSPS) is 12.3. The van der Waals surface area contributed by atoms with Gasteiger partial charge in [0.2, 0.25) is 0 Å². The third-order valence-electron chi connectivity index (χ3n) is 2.64. The van der Waals surface area contributed by atoms with E-state index in [0.29, 0.717) is 0 Å². The molecule has 1 aromatic rings. The number of phenolic OH excluding ortho intramolecular Hbond substituents is 1. The van der Waals surface area contributed by atoms with E-state index in [4.69, 9.17) is 10.3 Å². The van der Waals surface area contributed by atoms with Crippen LogP contribution in [-0.2, 0) is 25.8 Å². The molecule has 0 fully saturated rings. The fourth-order valence-electron chi connectivity index (χ4n) is 1.71. The van der Waals surface area contributed by atoms with Crippen LogP contribution in [0.1, 0.15) is 12.5 Å². The molecular formula is C12H15N3O5S. The third kappa shape index (κ3) is 4.37. The lowest BCUT2D eigenvalue weighted by Gasteiger charge is -2.12. The zero-order chi connectivity index (χ0) is 16.0. The average Bonchev–Trinajstić information content (AvgIpc) is 2.39. The van der Waals surface area contributed by atoms with E-state index >= 15 is 0 Å². The molecule has 1 unspecified atom stereocenters. The standard InChI is InChI=1S/C12H15N3O5S/c1-3-20-12(17)9(14-15-13)7-8-5-4-6-10(11(8)16)21(2,18)19/h4-6,9,16H,3,7H2,1-2H3. The Hall–Kier alpha value is -2.25. The van der Waals surface area contributed by atoms with Crippen molar-refractivity contribution in [3.05, 3.63) is 34.2 Å². The Morgan fingerprint density at radius 1 is 1.52 bits per heavy atom. The van der Waals surface area contributed by atoms with Gasteiger partial charge in [-0.15, -0.1) is 0 Å². The number of ether oxygens (including phenoxy) is 1. The first-order chi connectivity index (χ1) is 9.81. The predicted octanol–water partition coefficient (Wildman–Crippen LogP) is 1.58. The second-order valence-corrected chi connectivity index (χ2v) is 6.20. The van der Waals surface area contributed by atoms with Crippen molar-refractivity contribution in [3.63, 3.8) is 0 Å². The number of azide groups is 1. The highest BCUT2D eigenvalue weighted by Gasteiger charge is 2.23. The van der Waals surface area contributed by atoms with Crippen molar-refractivity contribution in [2.75, 3.05) is 12.9 Å². The number of esters is 1. The second-order valence-electron chi connectivity index (χ2n) is 4.21. The Morgan fingerprint density at radius 2 is 2.19 bits per heavy atom. The van der Waals surface area contributed by atoms with Crippen molar-refractivity contribution in [1.82, 2.24) is 0 Å². The van der Waals surface area contributed by atoms with Crippen LogP contribution in [0, 0.1) is 0 Å². The van der Waals surface area contributed by atoms with Crippen LogP contribution >= 0.6 is 0 Å². The third-order valence-corrected chi connectivity index (χ3v) is 3.77. The number of aromatic hydroxyl groups is 1. The second kappa shape index (κ2) is 6.96. The highest BCUT2D eigenvalue weighted by atomic mass is 32.2. The summed E-state index contributed by atoms with van der Waals surface area (Å²) in [4.78, 5) is 14.0. The van der Waals surface area contributed by atoms with Gasteiger partial charge in [0.1, 0.15) is 16.7 Å². The van der Waals surface area contributed by atoms with Crippen LogP contribution in [0.4, 0.5) is 0 Å². The predicted molar refractivity (Wildman–Crippen MR) is 74.5 cm³/mol. The average molecular weight is 313 g/mol. The van der Waals surface area contributed by atoms with E-state index in [0.717, 1.165) is 6.26 Å². The summed E-state index contributed by atoms with van der Waals surface area (Å²) in [6.07, 6.45) is 0.806. The summed E-state index contributed by atoms with van der Waals surface area (Å²) in [6.45, 7) is 1.72. The SMILES string of the molecule is CCOC(=O)C(Cc1cccc(S(C)(=O)=O)c1O)N=[N+]=[N-]. The molecule has 0 aliphatic heterocycles. The molecule has 0 radical (unpaired) electrons. The zero-order valence-electron chi connectivity index (χ0n) is 11.6. The molecule has 0 aliphatic rings. The van der Waals surface area contributed by atoms with E-state index in [1.807, 2.05) is 0 Å². The summed E-state index contributed by atoms with van der Waals surface area (Å²) in [6, 6.07) is 2.96. The van der Waals surface area contributed by atoms with Crippen LogP contribution in [0.15, 0.2) is 28.2 Å². The van der Waals surface area contributed by atoms with Gasteiger partial charge in [0, 0.05) is 11.2 Å². The summed E-state index contributed by atoms with van der Waals surface area (Å²) in [5.41, 5.74) is 8.66. The van der Waals surface area contributed by atoms with E-state index in [2.05, 4.69) is 10.0 Å². The fraction of sp³-hybridized carbons (Fsp3) is 0.417. The number of carbonyl (C=O) groups is 1. The molecule has 0 spiro atoms. The minimum atomic E-state index is -3.60. The number of hydrogen-bond acceptors (Lipinski definition) is 6. The molecule has 8 nitrogen and oxygen atoms in total. The minimum absolute atomic E-state index is 0.117. The van der Waals surface area contributed by atoms with Crippen LogP contribution < -0.4 is 0 Å². The van der Waals surface area contributed by atoms with Crippen LogP contribution in [0.25, 0.3) is 10.4 Å². The molecule has 1 aromatic carbocycles. The van der Waals surface area contributed by atoms with Crippen molar-refractivity contribution < 1.29 is 23.1 Å². The van der Waals surface area contributed by atoms with Gasteiger partial charge >= 0.3 is 5.97 Å². The number of phenols is 1. The molecular weight excluding hydrogens is 298 g/mol. The van der Waals surface area contributed by atoms with E-state index < -0.39 is 27.6 Å². The van der Waals surface area contributed by atoms with Gasteiger partial charge in [-0.2, -0.15) is 0 Å². The van der Waals surface area contributed by atoms with Gasteiger partial charge in [0.25, 0.3) is 0 Å². The lowest BCUT2D eigenvalue weighted by Crippen LogP contribution is -2.23. The Kier molecular flexibility index (Phi) is 5.57. The maximum absolute atomic E-state index is 11.6. The van der Waals surface area contributed by atoms with E-state index in [1.54, 1.807) is 6.92 Å². The molecule has 0 aliphatic carbocycles. The molecule has 21 heavy (non-hydrogen) atoms. The van der Waals surface area contributed by atoms with Gasteiger partial charge in [0.15, 0.2) is 9.84 Å². The van der Waals surface area contributed by atoms with Crippen LogP contribution in [-0.4, -0.2) is 38.4 Å². The van der Waals surface area contributed by atoms with Crippen molar-refractivity contribution in [2.24, 2.45) is 5.11 Å². The van der Waals surface area contributed by atoms with Gasteiger partial charge in [0.05, 0.1) is 6.61 Å². The molecule has 114 valence electrons. The fourth-order valence-corrected chi connectivity index (χ4v) is 2.52. The Balaban J connectivity index is 3.16. The van der Waals surface area contributed by atoms with Crippen molar-refractivity contribution in [3.8, 4) is 5.75 Å². The van der Waals surface area contributed by atoms with E-state index in [9.17, 15) is 18.3 Å². The van der Waals surface area contributed by atoms with Crippen LogP contribution in [0.2, 0.25) is 0 Å². The maximum Gasteiger partial charge on any atom is 0.315 e. The molecule has 0 saturated heterocycles. The lowest BCUT2D eigenvalue weighted by molar-refractivity contribution is -0.144. The number of carbonyl (C=O) groups excluding carboxylic acids is 1. The molecule has 0 aromatic heterocycles. The Bertz CT molecular complexity index is 680. The van der Waals surface area contributed by atoms with Crippen molar-refractivity contribution >= 4 is 15.8 Å². The van der Waals surface area contributed by atoms with Gasteiger partial charge in [-0.25, -0.2) is 8.42 Å². The van der Waals surface area contributed by atoms with Gasteiger partial charge in [-0.1, -0.05) is 17.2 Å². The van der Waals surface area contributed by atoms with Crippen LogP contribution in [0.3, 0.4) is 0 Å². The molecule has 0 bridgehead atoms. The molecule has 0 heterocycles. The smallest absolute Gasteiger partial charge is 0.315 e. The quantitative estimate of drug-likeness (QED) is 0.369. The Morgan fingerprint density at radius 3 is 2.71 bits per heavy atom. The highest BCUT2D eigenvalue weighted by Crippen LogP contribution is 2.28. The largest absolute Gasteiger partial charge is 0.506 e. The van der Waals surface area contributed by atoms with Gasteiger partial charge < -0.3 is 9.84 Å². The maximum atomic E-state index is 11.6. The molecule has 1 rings (SSSR count). The first kappa shape index (κ1) is 16.8. The number of para-hydroxylation sites is 1. The van der Waals surface area contributed by atoms with Crippen molar-refractivity contribution in [1.29, 1.82) is 0 Å². The Labute approximate surface area is 121 Å². The summed E-state index contributed by atoms with van der Waals surface area (Å²) in [5, 5.41) is 13.3. The number of hydrogen-bond donors (Lipinski definition) is 1.